The van der Waals surface area contributed by atoms with Crippen molar-refractivity contribution < 1.29 is 19.2 Å². The van der Waals surface area contributed by atoms with Crippen LogP contribution >= 0.6 is 0 Å². The van der Waals surface area contributed by atoms with Crippen LogP contribution in [0.15, 0.2) is 18.2 Å². The van der Waals surface area contributed by atoms with Gasteiger partial charge in [-0.3, -0.25) is 10.1 Å². The summed E-state index contributed by atoms with van der Waals surface area (Å²) in [5.74, 6) is 3.00. The molecular formula is C17H20N2O5. The van der Waals surface area contributed by atoms with Gasteiger partial charge in [-0.25, -0.2) is 4.79 Å². The lowest BCUT2D eigenvalue weighted by Gasteiger charge is -2.39. The zero-order valence-electron chi connectivity index (χ0n) is 13.9. The Bertz CT molecular complexity index is 681. The highest BCUT2D eigenvalue weighted by Crippen LogP contribution is 2.25. The summed E-state index contributed by atoms with van der Waals surface area (Å²) < 4.78 is 10.9. The molecule has 0 atom stereocenters. The SMILES string of the molecule is C#Cc1cc([N+](=O)[O-])ccc1OCC1CN(C(=O)OC(C)(C)C)C1. The van der Waals surface area contributed by atoms with E-state index in [1.165, 1.54) is 18.2 Å². The Balaban J connectivity index is 1.85. The molecule has 1 saturated heterocycles. The maximum Gasteiger partial charge on any atom is 0.410 e. The molecule has 7 nitrogen and oxygen atoms in total. The van der Waals surface area contributed by atoms with Gasteiger partial charge in [0, 0.05) is 31.1 Å². The second-order valence-electron chi connectivity index (χ2n) is 6.64. The molecule has 1 aliphatic heterocycles. The van der Waals surface area contributed by atoms with Crippen LogP contribution in [-0.2, 0) is 4.74 Å². The van der Waals surface area contributed by atoms with Crippen LogP contribution in [0.5, 0.6) is 5.75 Å². The highest BCUT2D eigenvalue weighted by Gasteiger charge is 2.34. The van der Waals surface area contributed by atoms with Gasteiger partial charge in [0.2, 0.25) is 0 Å². The number of rotatable bonds is 4. The number of likely N-dealkylation sites (tertiary alicyclic amines) is 1. The molecule has 1 fully saturated rings. The summed E-state index contributed by atoms with van der Waals surface area (Å²) >= 11 is 0. The third-order valence-electron chi connectivity index (χ3n) is 3.41. The monoisotopic (exact) mass is 332 g/mol. The smallest absolute Gasteiger partial charge is 0.410 e. The number of benzene rings is 1. The lowest BCUT2D eigenvalue weighted by molar-refractivity contribution is -0.384. The highest BCUT2D eigenvalue weighted by molar-refractivity contribution is 5.69. The van der Waals surface area contributed by atoms with Crippen LogP contribution in [0, 0.1) is 28.4 Å². The lowest BCUT2D eigenvalue weighted by atomic mass is 10.0. The van der Waals surface area contributed by atoms with Crippen molar-refractivity contribution in [1.29, 1.82) is 0 Å². The van der Waals surface area contributed by atoms with Crippen LogP contribution in [0.3, 0.4) is 0 Å². The fraction of sp³-hybridized carbons (Fsp3) is 0.471. The topological polar surface area (TPSA) is 81.9 Å². The molecule has 1 heterocycles. The minimum atomic E-state index is -0.515. The third-order valence-corrected chi connectivity index (χ3v) is 3.41. The molecule has 24 heavy (non-hydrogen) atoms. The number of hydrogen-bond donors (Lipinski definition) is 0. The van der Waals surface area contributed by atoms with E-state index in [-0.39, 0.29) is 17.7 Å². The van der Waals surface area contributed by atoms with Gasteiger partial charge < -0.3 is 14.4 Å². The molecule has 0 aromatic heterocycles. The number of nitrogens with zero attached hydrogens (tertiary/aromatic N) is 2. The van der Waals surface area contributed by atoms with Crippen LogP contribution in [0.2, 0.25) is 0 Å². The minimum Gasteiger partial charge on any atom is -0.492 e. The molecule has 0 unspecified atom stereocenters. The second-order valence-corrected chi connectivity index (χ2v) is 6.64. The fourth-order valence-corrected chi connectivity index (χ4v) is 2.23. The summed E-state index contributed by atoms with van der Waals surface area (Å²) in [6.07, 6.45) is 5.04. The quantitative estimate of drug-likeness (QED) is 0.481. The fourth-order valence-electron chi connectivity index (χ4n) is 2.23. The number of terminal acetylenes is 1. The molecule has 2 rings (SSSR count). The van der Waals surface area contributed by atoms with Gasteiger partial charge in [-0.15, -0.1) is 6.42 Å². The number of ether oxygens (including phenoxy) is 2. The van der Waals surface area contributed by atoms with E-state index in [4.69, 9.17) is 15.9 Å². The number of non-ortho nitro benzene ring substituents is 1. The summed E-state index contributed by atoms with van der Waals surface area (Å²) in [6, 6.07) is 4.16. The summed E-state index contributed by atoms with van der Waals surface area (Å²) in [5, 5.41) is 10.7. The third kappa shape index (κ3) is 4.38. The van der Waals surface area contributed by atoms with Gasteiger partial charge in [0.25, 0.3) is 5.69 Å². The van der Waals surface area contributed by atoms with E-state index in [9.17, 15) is 14.9 Å². The maximum atomic E-state index is 11.8. The Morgan fingerprint density at radius 3 is 2.67 bits per heavy atom. The first kappa shape index (κ1) is 17.6. The first-order chi connectivity index (χ1) is 11.2. The molecule has 0 N–H and O–H groups in total. The summed E-state index contributed by atoms with van der Waals surface area (Å²) in [5.41, 5.74) is -0.248. The number of carbonyl (C=O) groups is 1. The maximum absolute atomic E-state index is 11.8. The normalized spacial score (nSPS) is 14.5. The van der Waals surface area contributed by atoms with Crippen molar-refractivity contribution >= 4 is 11.8 Å². The first-order valence-corrected chi connectivity index (χ1v) is 7.55. The molecule has 0 radical (unpaired) electrons. The predicted octanol–water partition coefficient (Wildman–Crippen LogP) is 2.82. The van der Waals surface area contributed by atoms with Gasteiger partial charge in [0.1, 0.15) is 11.4 Å². The van der Waals surface area contributed by atoms with Crippen molar-refractivity contribution in [1.82, 2.24) is 4.90 Å². The van der Waals surface area contributed by atoms with Gasteiger partial charge in [-0.2, -0.15) is 0 Å². The van der Waals surface area contributed by atoms with Gasteiger partial charge in [0.05, 0.1) is 17.1 Å². The largest absolute Gasteiger partial charge is 0.492 e. The van der Waals surface area contributed by atoms with Crippen LogP contribution < -0.4 is 4.74 Å². The Hall–Kier alpha value is -2.75. The molecule has 128 valence electrons. The van der Waals surface area contributed by atoms with E-state index in [2.05, 4.69) is 5.92 Å². The zero-order valence-corrected chi connectivity index (χ0v) is 13.9. The van der Waals surface area contributed by atoms with Crippen molar-refractivity contribution in [2.45, 2.75) is 26.4 Å². The first-order valence-electron chi connectivity index (χ1n) is 7.55. The van der Waals surface area contributed by atoms with Gasteiger partial charge in [0.15, 0.2) is 0 Å². The summed E-state index contributed by atoms with van der Waals surface area (Å²) in [4.78, 5) is 23.7. The highest BCUT2D eigenvalue weighted by atomic mass is 16.6. The Labute approximate surface area is 140 Å². The van der Waals surface area contributed by atoms with Gasteiger partial charge in [-0.1, -0.05) is 5.92 Å². The minimum absolute atomic E-state index is 0.0740. The average molecular weight is 332 g/mol. The Morgan fingerprint density at radius 2 is 2.12 bits per heavy atom. The van der Waals surface area contributed by atoms with Crippen molar-refractivity contribution in [3.63, 3.8) is 0 Å². The van der Waals surface area contributed by atoms with Crippen LogP contribution in [0.25, 0.3) is 0 Å². The van der Waals surface area contributed by atoms with E-state index < -0.39 is 10.5 Å². The molecule has 1 amide bonds. The summed E-state index contributed by atoms with van der Waals surface area (Å²) in [7, 11) is 0. The van der Waals surface area contributed by atoms with Crippen molar-refractivity contribution in [3.8, 4) is 18.1 Å². The molecule has 0 saturated carbocycles. The predicted molar refractivity (Wildman–Crippen MR) is 87.8 cm³/mol. The number of nitro groups is 1. The molecule has 1 aromatic carbocycles. The number of carbonyl (C=O) groups excluding carboxylic acids is 1. The Morgan fingerprint density at radius 1 is 1.46 bits per heavy atom. The number of hydrogen-bond acceptors (Lipinski definition) is 5. The van der Waals surface area contributed by atoms with E-state index in [0.29, 0.717) is 31.0 Å². The van der Waals surface area contributed by atoms with E-state index in [0.717, 1.165) is 0 Å². The van der Waals surface area contributed by atoms with E-state index in [1.807, 2.05) is 20.8 Å². The molecule has 0 bridgehead atoms. The second kappa shape index (κ2) is 6.79. The summed E-state index contributed by atoms with van der Waals surface area (Å²) in [6.45, 7) is 6.94. The van der Waals surface area contributed by atoms with Crippen LogP contribution in [-0.4, -0.2) is 41.2 Å². The van der Waals surface area contributed by atoms with Crippen LogP contribution in [0.1, 0.15) is 26.3 Å². The molecule has 1 aromatic rings. The molecule has 0 aliphatic carbocycles. The molecule has 7 heteroatoms. The van der Waals surface area contributed by atoms with Crippen molar-refractivity contribution in [2.24, 2.45) is 5.92 Å². The number of nitro benzene ring substituents is 1. The number of amides is 1. The van der Waals surface area contributed by atoms with Crippen molar-refractivity contribution in [3.05, 3.63) is 33.9 Å². The molecular weight excluding hydrogens is 312 g/mol. The van der Waals surface area contributed by atoms with Gasteiger partial charge >= 0.3 is 6.09 Å². The van der Waals surface area contributed by atoms with Crippen LogP contribution in [0.4, 0.5) is 10.5 Å². The zero-order chi connectivity index (χ0) is 17.9. The molecule has 0 spiro atoms. The van der Waals surface area contributed by atoms with E-state index >= 15 is 0 Å². The molecule has 1 aliphatic rings. The standard InChI is InChI=1S/C17H20N2O5/c1-5-13-8-14(19(21)22)6-7-15(13)23-11-12-9-18(10-12)16(20)24-17(2,3)4/h1,6-8,12H,9-11H2,2-4H3. The van der Waals surface area contributed by atoms with Gasteiger partial charge in [-0.05, 0) is 26.8 Å². The van der Waals surface area contributed by atoms with E-state index in [1.54, 1.807) is 4.90 Å². The van der Waals surface area contributed by atoms with Crippen molar-refractivity contribution in [2.75, 3.05) is 19.7 Å². The Kier molecular flexibility index (Phi) is 4.98. The lowest BCUT2D eigenvalue weighted by Crippen LogP contribution is -2.53. The average Bonchev–Trinajstić information content (AvgIpc) is 2.43.